The van der Waals surface area contributed by atoms with E-state index in [2.05, 4.69) is 25.0 Å². The minimum atomic E-state index is 0.148. The van der Waals surface area contributed by atoms with E-state index in [4.69, 9.17) is 0 Å². The predicted octanol–water partition coefficient (Wildman–Crippen LogP) is 0.607. The Morgan fingerprint density at radius 1 is 1.23 bits per heavy atom. The first-order valence-electron chi connectivity index (χ1n) is 8.42. The van der Waals surface area contributed by atoms with E-state index in [1.807, 2.05) is 35.7 Å². The van der Waals surface area contributed by atoms with Gasteiger partial charge in [0.1, 0.15) is 12.1 Å². The fourth-order valence-corrected chi connectivity index (χ4v) is 3.87. The Morgan fingerprint density at radius 2 is 2.04 bits per heavy atom. The summed E-state index contributed by atoms with van der Waals surface area (Å²) < 4.78 is 3.67. The number of piperazine rings is 1. The highest BCUT2D eigenvalue weighted by molar-refractivity contribution is 7.99. The average molecular weight is 372 g/mol. The highest BCUT2D eigenvalue weighted by Crippen LogP contribution is 2.19. The Bertz CT molecular complexity index is 927. The van der Waals surface area contributed by atoms with Crippen molar-refractivity contribution in [1.29, 1.82) is 0 Å². The van der Waals surface area contributed by atoms with E-state index in [1.165, 1.54) is 18.1 Å². The molecule has 9 nitrogen and oxygen atoms in total. The van der Waals surface area contributed by atoms with Gasteiger partial charge in [-0.15, -0.1) is 0 Å². The number of aromatic nitrogens is 6. The third-order valence-electron chi connectivity index (χ3n) is 4.42. The molecule has 0 unspecified atom stereocenters. The lowest BCUT2D eigenvalue weighted by Gasteiger charge is -2.35. The van der Waals surface area contributed by atoms with Crippen LogP contribution in [0.1, 0.15) is 5.69 Å². The molecule has 0 aromatic carbocycles. The SMILES string of the molecule is Cc1cc(N2CCN(C(=O)CSc3nccn3C)CC2)n2ncnc2n1. The lowest BCUT2D eigenvalue weighted by molar-refractivity contribution is -0.128. The number of nitrogens with zero attached hydrogens (tertiary/aromatic N) is 8. The molecule has 3 aromatic heterocycles. The Kier molecular flexibility index (Phi) is 4.49. The second-order valence-corrected chi connectivity index (χ2v) is 7.15. The van der Waals surface area contributed by atoms with Crippen LogP contribution in [-0.2, 0) is 11.8 Å². The van der Waals surface area contributed by atoms with Crippen LogP contribution in [-0.4, -0.2) is 71.9 Å². The maximum atomic E-state index is 12.5. The number of carbonyl (C=O) groups excluding carboxylic acids is 1. The van der Waals surface area contributed by atoms with Gasteiger partial charge in [0.05, 0.1) is 5.75 Å². The van der Waals surface area contributed by atoms with E-state index < -0.39 is 0 Å². The van der Waals surface area contributed by atoms with Crippen LogP contribution in [0, 0.1) is 6.92 Å². The molecule has 26 heavy (non-hydrogen) atoms. The molecule has 1 fully saturated rings. The van der Waals surface area contributed by atoms with Crippen molar-refractivity contribution in [3.05, 3.63) is 30.5 Å². The molecule has 0 radical (unpaired) electrons. The maximum Gasteiger partial charge on any atom is 0.254 e. The van der Waals surface area contributed by atoms with Crippen LogP contribution >= 0.6 is 11.8 Å². The summed E-state index contributed by atoms with van der Waals surface area (Å²) in [4.78, 5) is 29.4. The van der Waals surface area contributed by atoms with Gasteiger partial charge in [0.25, 0.3) is 5.78 Å². The van der Waals surface area contributed by atoms with Gasteiger partial charge in [-0.3, -0.25) is 4.79 Å². The van der Waals surface area contributed by atoms with Gasteiger partial charge in [-0.25, -0.2) is 9.97 Å². The lowest BCUT2D eigenvalue weighted by Crippen LogP contribution is -2.49. The molecular weight excluding hydrogens is 352 g/mol. The van der Waals surface area contributed by atoms with E-state index in [9.17, 15) is 4.79 Å². The highest BCUT2D eigenvalue weighted by atomic mass is 32.2. The topological polar surface area (TPSA) is 84.5 Å². The van der Waals surface area contributed by atoms with Gasteiger partial charge in [0.15, 0.2) is 5.16 Å². The van der Waals surface area contributed by atoms with Crippen LogP contribution in [0.2, 0.25) is 0 Å². The fraction of sp³-hybridized carbons (Fsp3) is 0.438. The number of fused-ring (bicyclic) bond motifs is 1. The molecule has 1 amide bonds. The minimum Gasteiger partial charge on any atom is -0.353 e. The largest absolute Gasteiger partial charge is 0.353 e. The molecule has 136 valence electrons. The van der Waals surface area contributed by atoms with Crippen molar-refractivity contribution < 1.29 is 4.79 Å². The van der Waals surface area contributed by atoms with Crippen molar-refractivity contribution in [3.8, 4) is 0 Å². The summed E-state index contributed by atoms with van der Waals surface area (Å²) in [5, 5.41) is 5.12. The smallest absolute Gasteiger partial charge is 0.254 e. The van der Waals surface area contributed by atoms with Gasteiger partial charge in [-0.1, -0.05) is 11.8 Å². The normalized spacial score (nSPS) is 15.0. The summed E-state index contributed by atoms with van der Waals surface area (Å²) in [6.45, 7) is 4.86. The molecule has 0 aliphatic carbocycles. The molecule has 0 spiro atoms. The van der Waals surface area contributed by atoms with E-state index >= 15 is 0 Å². The maximum absolute atomic E-state index is 12.5. The lowest BCUT2D eigenvalue weighted by atomic mass is 10.3. The summed E-state index contributed by atoms with van der Waals surface area (Å²) >= 11 is 1.47. The number of aryl methyl sites for hydroxylation is 2. The number of hydrogen-bond acceptors (Lipinski definition) is 7. The number of imidazole rings is 1. The van der Waals surface area contributed by atoms with E-state index in [0.29, 0.717) is 24.6 Å². The van der Waals surface area contributed by atoms with Gasteiger partial charge in [0.2, 0.25) is 5.91 Å². The fourth-order valence-electron chi connectivity index (χ4n) is 3.03. The second kappa shape index (κ2) is 6.94. The summed E-state index contributed by atoms with van der Waals surface area (Å²) in [6.07, 6.45) is 5.14. The van der Waals surface area contributed by atoms with Crippen LogP contribution < -0.4 is 4.90 Å². The van der Waals surface area contributed by atoms with Crippen LogP contribution in [0.15, 0.2) is 29.9 Å². The number of carbonyl (C=O) groups is 1. The molecule has 4 heterocycles. The average Bonchev–Trinajstić information content (AvgIpc) is 3.27. The molecule has 1 aliphatic rings. The Labute approximate surface area is 155 Å². The van der Waals surface area contributed by atoms with Crippen molar-refractivity contribution in [2.75, 3.05) is 36.8 Å². The van der Waals surface area contributed by atoms with Gasteiger partial charge in [0, 0.05) is 57.4 Å². The molecule has 0 N–H and O–H groups in total. The van der Waals surface area contributed by atoms with Crippen LogP contribution in [0.4, 0.5) is 5.82 Å². The molecule has 3 aromatic rings. The zero-order valence-electron chi connectivity index (χ0n) is 14.7. The van der Waals surface area contributed by atoms with E-state index in [0.717, 1.165) is 29.8 Å². The van der Waals surface area contributed by atoms with Crippen molar-refractivity contribution in [2.24, 2.45) is 7.05 Å². The number of thioether (sulfide) groups is 1. The molecule has 4 rings (SSSR count). The standard InChI is InChI=1S/C16H20N8OS/c1-12-9-13(24-15(20-12)18-11-19-24)22-5-7-23(8-6-22)14(25)10-26-16-17-3-4-21(16)2/h3-4,9,11H,5-8,10H2,1-2H3. The summed E-state index contributed by atoms with van der Waals surface area (Å²) in [5.41, 5.74) is 0.908. The molecule has 0 atom stereocenters. The van der Waals surface area contributed by atoms with Crippen LogP contribution in [0.5, 0.6) is 0 Å². The third kappa shape index (κ3) is 3.24. The van der Waals surface area contributed by atoms with Gasteiger partial charge >= 0.3 is 0 Å². The number of anilines is 1. The van der Waals surface area contributed by atoms with Crippen molar-refractivity contribution in [2.45, 2.75) is 12.1 Å². The van der Waals surface area contributed by atoms with Gasteiger partial charge in [-0.2, -0.15) is 14.6 Å². The first-order chi connectivity index (χ1) is 12.6. The first-order valence-corrected chi connectivity index (χ1v) is 9.40. The molecule has 10 heteroatoms. The first kappa shape index (κ1) is 16.8. The van der Waals surface area contributed by atoms with Crippen LogP contribution in [0.3, 0.4) is 0 Å². The zero-order valence-corrected chi connectivity index (χ0v) is 15.6. The van der Waals surface area contributed by atoms with E-state index in [1.54, 1.807) is 10.7 Å². The number of rotatable bonds is 4. The Hall–Kier alpha value is -2.62. The van der Waals surface area contributed by atoms with Gasteiger partial charge in [-0.05, 0) is 6.92 Å². The highest BCUT2D eigenvalue weighted by Gasteiger charge is 2.23. The Morgan fingerprint density at radius 3 is 2.77 bits per heavy atom. The summed E-state index contributed by atoms with van der Waals surface area (Å²) in [5.74, 6) is 2.13. The van der Waals surface area contributed by atoms with Crippen molar-refractivity contribution >= 4 is 29.3 Å². The van der Waals surface area contributed by atoms with Crippen molar-refractivity contribution in [3.63, 3.8) is 0 Å². The molecule has 1 saturated heterocycles. The van der Waals surface area contributed by atoms with Crippen molar-refractivity contribution in [1.82, 2.24) is 34.0 Å². The molecule has 0 bridgehead atoms. The number of hydrogen-bond donors (Lipinski definition) is 0. The Balaban J connectivity index is 1.38. The third-order valence-corrected chi connectivity index (χ3v) is 5.46. The zero-order chi connectivity index (χ0) is 18.1. The van der Waals surface area contributed by atoms with Crippen LogP contribution in [0.25, 0.3) is 5.78 Å². The molecular formula is C16H20N8OS. The predicted molar refractivity (Wildman–Crippen MR) is 98.2 cm³/mol. The molecule has 0 saturated carbocycles. The number of amides is 1. The second-order valence-electron chi connectivity index (χ2n) is 6.20. The summed E-state index contributed by atoms with van der Waals surface area (Å²) in [6, 6.07) is 2.01. The summed E-state index contributed by atoms with van der Waals surface area (Å²) in [7, 11) is 1.93. The minimum absolute atomic E-state index is 0.148. The quantitative estimate of drug-likeness (QED) is 0.620. The molecule has 1 aliphatic heterocycles. The van der Waals surface area contributed by atoms with E-state index in [-0.39, 0.29) is 5.91 Å². The monoisotopic (exact) mass is 372 g/mol. The van der Waals surface area contributed by atoms with Gasteiger partial charge < -0.3 is 14.4 Å².